The van der Waals surface area contributed by atoms with E-state index in [0.717, 1.165) is 16.7 Å². The molecule has 1 aromatic heterocycles. The maximum atomic E-state index is 5.92. The second-order valence-corrected chi connectivity index (χ2v) is 4.44. The number of nitrogens with zero attached hydrogens (tertiary/aromatic N) is 1. The SMILES string of the molecule is Cc1cccc(-c2nc3cc(Cl)ccc3o2)c1. The number of rotatable bonds is 1. The molecular formula is C14H10ClNO. The van der Waals surface area contributed by atoms with Crippen LogP contribution in [-0.2, 0) is 0 Å². The lowest BCUT2D eigenvalue weighted by atomic mass is 10.1. The van der Waals surface area contributed by atoms with Crippen molar-refractivity contribution >= 4 is 22.7 Å². The normalized spacial score (nSPS) is 10.9. The van der Waals surface area contributed by atoms with E-state index >= 15 is 0 Å². The fourth-order valence-corrected chi connectivity index (χ4v) is 1.97. The van der Waals surface area contributed by atoms with Crippen LogP contribution in [-0.4, -0.2) is 4.98 Å². The first-order valence-electron chi connectivity index (χ1n) is 5.35. The van der Waals surface area contributed by atoms with Crippen LogP contribution in [0.1, 0.15) is 5.56 Å². The molecule has 0 N–H and O–H groups in total. The Hall–Kier alpha value is -1.80. The van der Waals surface area contributed by atoms with Gasteiger partial charge in [0.15, 0.2) is 5.58 Å². The molecule has 0 fully saturated rings. The lowest BCUT2D eigenvalue weighted by Gasteiger charge is -1.95. The highest BCUT2D eigenvalue weighted by molar-refractivity contribution is 6.31. The summed E-state index contributed by atoms with van der Waals surface area (Å²) in [6.45, 7) is 2.04. The largest absolute Gasteiger partial charge is 0.436 e. The number of halogens is 1. The van der Waals surface area contributed by atoms with Gasteiger partial charge >= 0.3 is 0 Å². The van der Waals surface area contributed by atoms with Gasteiger partial charge < -0.3 is 4.42 Å². The molecule has 2 nitrogen and oxygen atoms in total. The molecule has 3 aromatic rings. The van der Waals surface area contributed by atoms with Crippen LogP contribution in [0.15, 0.2) is 46.9 Å². The molecule has 0 saturated carbocycles. The smallest absolute Gasteiger partial charge is 0.227 e. The van der Waals surface area contributed by atoms with Crippen molar-refractivity contribution in [2.75, 3.05) is 0 Å². The van der Waals surface area contributed by atoms with Gasteiger partial charge in [0.05, 0.1) is 0 Å². The van der Waals surface area contributed by atoms with Gasteiger partial charge in [0.2, 0.25) is 5.89 Å². The third-order valence-corrected chi connectivity index (χ3v) is 2.85. The number of aryl methyl sites for hydroxylation is 1. The van der Waals surface area contributed by atoms with Crippen molar-refractivity contribution in [1.82, 2.24) is 4.98 Å². The van der Waals surface area contributed by atoms with Gasteiger partial charge in [-0.1, -0.05) is 29.3 Å². The van der Waals surface area contributed by atoms with E-state index in [4.69, 9.17) is 16.0 Å². The highest BCUT2D eigenvalue weighted by Gasteiger charge is 2.08. The Labute approximate surface area is 104 Å². The number of oxazole rings is 1. The molecule has 17 heavy (non-hydrogen) atoms. The second kappa shape index (κ2) is 3.90. The molecule has 84 valence electrons. The number of aromatic nitrogens is 1. The summed E-state index contributed by atoms with van der Waals surface area (Å²) in [6, 6.07) is 13.5. The van der Waals surface area contributed by atoms with Gasteiger partial charge in [0.25, 0.3) is 0 Å². The lowest BCUT2D eigenvalue weighted by Crippen LogP contribution is -1.78. The molecule has 0 aliphatic carbocycles. The van der Waals surface area contributed by atoms with Crippen molar-refractivity contribution in [3.05, 3.63) is 53.1 Å². The van der Waals surface area contributed by atoms with E-state index in [2.05, 4.69) is 4.98 Å². The molecule has 0 aliphatic heterocycles. The van der Waals surface area contributed by atoms with Crippen molar-refractivity contribution in [1.29, 1.82) is 0 Å². The predicted octanol–water partition coefficient (Wildman–Crippen LogP) is 4.46. The van der Waals surface area contributed by atoms with Crippen LogP contribution < -0.4 is 0 Å². The summed E-state index contributed by atoms with van der Waals surface area (Å²) in [6.07, 6.45) is 0. The van der Waals surface area contributed by atoms with E-state index in [9.17, 15) is 0 Å². The molecular weight excluding hydrogens is 234 g/mol. The Morgan fingerprint density at radius 1 is 1.12 bits per heavy atom. The zero-order chi connectivity index (χ0) is 11.8. The first-order valence-corrected chi connectivity index (χ1v) is 5.73. The first-order chi connectivity index (χ1) is 8.22. The molecule has 0 atom stereocenters. The Bertz CT molecular complexity index is 688. The number of benzene rings is 2. The third-order valence-electron chi connectivity index (χ3n) is 2.61. The maximum absolute atomic E-state index is 5.92. The molecule has 0 aliphatic rings. The summed E-state index contributed by atoms with van der Waals surface area (Å²) in [5.74, 6) is 0.631. The van der Waals surface area contributed by atoms with E-state index in [0.29, 0.717) is 10.9 Å². The van der Waals surface area contributed by atoms with E-state index in [1.165, 1.54) is 5.56 Å². The average Bonchev–Trinajstić information content (AvgIpc) is 2.72. The quantitative estimate of drug-likeness (QED) is 0.631. The number of hydrogen-bond acceptors (Lipinski definition) is 2. The van der Waals surface area contributed by atoms with Gasteiger partial charge in [-0.3, -0.25) is 0 Å². The zero-order valence-electron chi connectivity index (χ0n) is 9.27. The maximum Gasteiger partial charge on any atom is 0.227 e. The fourth-order valence-electron chi connectivity index (χ4n) is 1.80. The molecule has 3 heteroatoms. The Morgan fingerprint density at radius 3 is 2.82 bits per heavy atom. The van der Waals surface area contributed by atoms with Crippen molar-refractivity contribution in [3.8, 4) is 11.5 Å². The monoisotopic (exact) mass is 243 g/mol. The Balaban J connectivity index is 2.18. The lowest BCUT2D eigenvalue weighted by molar-refractivity contribution is 0.620. The van der Waals surface area contributed by atoms with Crippen molar-refractivity contribution in [3.63, 3.8) is 0 Å². The zero-order valence-corrected chi connectivity index (χ0v) is 10.0. The summed E-state index contributed by atoms with van der Waals surface area (Å²) < 4.78 is 5.69. The molecule has 3 rings (SSSR count). The minimum atomic E-state index is 0.631. The summed E-state index contributed by atoms with van der Waals surface area (Å²) >= 11 is 5.92. The van der Waals surface area contributed by atoms with E-state index in [-0.39, 0.29) is 0 Å². The molecule has 0 radical (unpaired) electrons. The van der Waals surface area contributed by atoms with Crippen molar-refractivity contribution in [2.45, 2.75) is 6.92 Å². The van der Waals surface area contributed by atoms with Gasteiger partial charge in [-0.25, -0.2) is 4.98 Å². The highest BCUT2D eigenvalue weighted by atomic mass is 35.5. The van der Waals surface area contributed by atoms with Crippen LogP contribution in [0.2, 0.25) is 5.02 Å². The second-order valence-electron chi connectivity index (χ2n) is 4.00. The minimum Gasteiger partial charge on any atom is -0.436 e. The van der Waals surface area contributed by atoms with Gasteiger partial charge in [-0.05, 0) is 37.3 Å². The third kappa shape index (κ3) is 1.92. The van der Waals surface area contributed by atoms with Crippen LogP contribution in [0.3, 0.4) is 0 Å². The van der Waals surface area contributed by atoms with Crippen LogP contribution in [0.4, 0.5) is 0 Å². The topological polar surface area (TPSA) is 26.0 Å². The van der Waals surface area contributed by atoms with E-state index in [1.807, 2.05) is 37.3 Å². The molecule has 0 amide bonds. The van der Waals surface area contributed by atoms with Gasteiger partial charge in [0, 0.05) is 10.6 Å². The van der Waals surface area contributed by atoms with E-state index in [1.54, 1.807) is 12.1 Å². The average molecular weight is 244 g/mol. The van der Waals surface area contributed by atoms with Crippen molar-refractivity contribution in [2.24, 2.45) is 0 Å². The van der Waals surface area contributed by atoms with Crippen LogP contribution in [0.25, 0.3) is 22.6 Å². The molecule has 2 aromatic carbocycles. The fraction of sp³-hybridized carbons (Fsp3) is 0.0714. The summed E-state index contributed by atoms with van der Waals surface area (Å²) in [5, 5.41) is 0.668. The van der Waals surface area contributed by atoms with Gasteiger partial charge in [0.1, 0.15) is 5.52 Å². The van der Waals surface area contributed by atoms with Crippen LogP contribution >= 0.6 is 11.6 Å². The molecule has 1 heterocycles. The summed E-state index contributed by atoms with van der Waals surface area (Å²) in [4.78, 5) is 4.43. The molecule has 0 bridgehead atoms. The van der Waals surface area contributed by atoms with E-state index < -0.39 is 0 Å². The van der Waals surface area contributed by atoms with Crippen LogP contribution in [0, 0.1) is 6.92 Å². The molecule has 0 unspecified atom stereocenters. The summed E-state index contributed by atoms with van der Waals surface area (Å²) in [5.41, 5.74) is 3.71. The standard InChI is InChI=1S/C14H10ClNO/c1-9-3-2-4-10(7-9)14-16-12-8-11(15)5-6-13(12)17-14/h2-8H,1H3. The predicted molar refractivity (Wildman–Crippen MR) is 69.2 cm³/mol. The number of fused-ring (bicyclic) bond motifs is 1. The minimum absolute atomic E-state index is 0.631. The molecule has 0 spiro atoms. The molecule has 0 saturated heterocycles. The van der Waals surface area contributed by atoms with Crippen molar-refractivity contribution < 1.29 is 4.42 Å². The van der Waals surface area contributed by atoms with Gasteiger partial charge in [-0.15, -0.1) is 0 Å². The summed E-state index contributed by atoms with van der Waals surface area (Å²) in [7, 11) is 0. The highest BCUT2D eigenvalue weighted by Crippen LogP contribution is 2.26. The van der Waals surface area contributed by atoms with Crippen LogP contribution in [0.5, 0.6) is 0 Å². The number of hydrogen-bond donors (Lipinski definition) is 0. The Morgan fingerprint density at radius 2 is 2.00 bits per heavy atom. The Kier molecular flexibility index (Phi) is 2.37. The van der Waals surface area contributed by atoms with Gasteiger partial charge in [-0.2, -0.15) is 0 Å². The first kappa shape index (κ1) is 10.4.